The maximum Gasteiger partial charge on any atom is 0.193 e. The molecule has 0 aromatic heterocycles. The van der Waals surface area contributed by atoms with Crippen molar-refractivity contribution >= 4 is 33.5 Å². The van der Waals surface area contributed by atoms with E-state index in [1.807, 2.05) is 48.2 Å². The van der Waals surface area contributed by atoms with Crippen LogP contribution in [0.1, 0.15) is 21.5 Å². The fraction of sp³-hybridized carbons (Fsp3) is 0.278. The topological polar surface area (TPSA) is 20.3 Å². The molecule has 3 rings (SSSR count). The van der Waals surface area contributed by atoms with Crippen LogP contribution < -0.4 is 0 Å². The summed E-state index contributed by atoms with van der Waals surface area (Å²) >= 11 is 5.43. The molecule has 0 unspecified atom stereocenters. The van der Waals surface area contributed by atoms with Crippen molar-refractivity contribution in [3.8, 4) is 0 Å². The normalized spacial score (nSPS) is 15.7. The van der Waals surface area contributed by atoms with E-state index >= 15 is 0 Å². The lowest BCUT2D eigenvalue weighted by Crippen LogP contribution is -2.31. The van der Waals surface area contributed by atoms with E-state index in [9.17, 15) is 4.79 Å². The number of nitrogens with zero attached hydrogens (tertiary/aromatic N) is 1. The summed E-state index contributed by atoms with van der Waals surface area (Å²) in [6.07, 6.45) is 0. The number of carbonyl (C=O) groups is 1. The summed E-state index contributed by atoms with van der Waals surface area (Å²) in [5.74, 6) is 2.51. The minimum atomic E-state index is 0.0715. The van der Waals surface area contributed by atoms with Gasteiger partial charge in [-0.15, -0.1) is 0 Å². The molecule has 0 atom stereocenters. The fourth-order valence-corrected chi connectivity index (χ4v) is 3.95. The summed E-state index contributed by atoms with van der Waals surface area (Å²) < 4.78 is 0.929. The highest BCUT2D eigenvalue weighted by molar-refractivity contribution is 9.10. The second kappa shape index (κ2) is 7.44. The van der Waals surface area contributed by atoms with Gasteiger partial charge in [0.25, 0.3) is 0 Å². The van der Waals surface area contributed by atoms with Gasteiger partial charge in [-0.3, -0.25) is 9.69 Å². The van der Waals surface area contributed by atoms with Crippen LogP contribution in [0.3, 0.4) is 0 Å². The molecule has 1 heterocycles. The van der Waals surface area contributed by atoms with Crippen LogP contribution >= 0.6 is 27.7 Å². The summed E-state index contributed by atoms with van der Waals surface area (Å²) in [6, 6.07) is 15.6. The summed E-state index contributed by atoms with van der Waals surface area (Å²) in [5, 5.41) is 0. The van der Waals surface area contributed by atoms with Crippen molar-refractivity contribution in [2.24, 2.45) is 0 Å². The molecular formula is C18H18BrNOS. The Morgan fingerprint density at radius 3 is 2.45 bits per heavy atom. The quantitative estimate of drug-likeness (QED) is 0.745. The lowest BCUT2D eigenvalue weighted by atomic mass is 10.0. The Kier molecular flexibility index (Phi) is 5.34. The van der Waals surface area contributed by atoms with E-state index < -0.39 is 0 Å². The zero-order chi connectivity index (χ0) is 15.4. The predicted octanol–water partition coefficient (Wildman–Crippen LogP) is 4.23. The fourth-order valence-electron chi connectivity index (χ4n) is 2.58. The Balaban J connectivity index is 1.69. The summed E-state index contributed by atoms with van der Waals surface area (Å²) in [5.41, 5.74) is 2.74. The first-order chi connectivity index (χ1) is 10.7. The largest absolute Gasteiger partial charge is 0.297 e. The maximum atomic E-state index is 12.5. The van der Waals surface area contributed by atoms with Crippen molar-refractivity contribution < 1.29 is 4.79 Å². The third kappa shape index (κ3) is 4.00. The molecule has 0 radical (unpaired) electrons. The van der Waals surface area contributed by atoms with Gasteiger partial charge in [-0.05, 0) is 17.7 Å². The van der Waals surface area contributed by atoms with Crippen molar-refractivity contribution in [1.82, 2.24) is 4.90 Å². The van der Waals surface area contributed by atoms with Crippen molar-refractivity contribution in [1.29, 1.82) is 0 Å². The van der Waals surface area contributed by atoms with Gasteiger partial charge in [0.2, 0.25) is 0 Å². The van der Waals surface area contributed by atoms with Gasteiger partial charge in [0.15, 0.2) is 5.78 Å². The van der Waals surface area contributed by atoms with Gasteiger partial charge in [-0.2, -0.15) is 11.8 Å². The second-order valence-electron chi connectivity index (χ2n) is 5.42. The van der Waals surface area contributed by atoms with Gasteiger partial charge in [0.1, 0.15) is 0 Å². The smallest absolute Gasteiger partial charge is 0.193 e. The average Bonchev–Trinajstić information content (AvgIpc) is 2.56. The van der Waals surface area contributed by atoms with E-state index in [-0.39, 0.29) is 5.78 Å². The molecule has 0 bridgehead atoms. The van der Waals surface area contributed by atoms with Crippen molar-refractivity contribution in [3.05, 3.63) is 69.7 Å². The molecule has 2 aromatic carbocycles. The molecule has 22 heavy (non-hydrogen) atoms. The molecule has 2 aromatic rings. The number of thioether (sulfide) groups is 1. The lowest BCUT2D eigenvalue weighted by Gasteiger charge is -2.26. The molecule has 0 aliphatic carbocycles. The van der Waals surface area contributed by atoms with Crippen LogP contribution in [0.15, 0.2) is 53.0 Å². The maximum absolute atomic E-state index is 12.5. The molecule has 0 spiro atoms. The predicted molar refractivity (Wildman–Crippen MR) is 96.6 cm³/mol. The Bertz CT molecular complexity index is 650. The minimum Gasteiger partial charge on any atom is -0.297 e. The molecule has 0 amide bonds. The number of hydrogen-bond acceptors (Lipinski definition) is 3. The Hall–Kier alpha value is -1.10. The monoisotopic (exact) mass is 375 g/mol. The first kappa shape index (κ1) is 15.8. The van der Waals surface area contributed by atoms with Crippen LogP contribution in [0.2, 0.25) is 0 Å². The van der Waals surface area contributed by atoms with Gasteiger partial charge in [-0.25, -0.2) is 0 Å². The highest BCUT2D eigenvalue weighted by Crippen LogP contribution is 2.17. The molecule has 1 fully saturated rings. The number of halogens is 1. The molecule has 1 saturated heterocycles. The van der Waals surface area contributed by atoms with E-state index in [0.29, 0.717) is 0 Å². The molecule has 4 heteroatoms. The van der Waals surface area contributed by atoms with Crippen LogP contribution in [0.4, 0.5) is 0 Å². The number of rotatable bonds is 4. The van der Waals surface area contributed by atoms with E-state index in [4.69, 9.17) is 0 Å². The van der Waals surface area contributed by atoms with Crippen LogP contribution in [0, 0.1) is 0 Å². The standard InChI is InChI=1S/C18H18BrNOS/c19-17-3-1-2-16(12-17)18(21)15-6-4-14(5-7-15)13-20-8-10-22-11-9-20/h1-7,12H,8-11,13H2. The Morgan fingerprint density at radius 2 is 1.77 bits per heavy atom. The van der Waals surface area contributed by atoms with E-state index in [0.717, 1.165) is 35.2 Å². The SMILES string of the molecule is O=C(c1ccc(CN2CCSCC2)cc1)c1cccc(Br)c1. The van der Waals surface area contributed by atoms with Crippen LogP contribution in [-0.2, 0) is 6.54 Å². The van der Waals surface area contributed by atoms with Gasteiger partial charge in [0.05, 0.1) is 0 Å². The zero-order valence-corrected chi connectivity index (χ0v) is 14.7. The Labute approximate surface area is 144 Å². The number of benzene rings is 2. The second-order valence-corrected chi connectivity index (χ2v) is 7.57. The third-order valence-corrected chi connectivity index (χ3v) is 5.25. The molecule has 1 aliphatic rings. The van der Waals surface area contributed by atoms with E-state index in [1.165, 1.54) is 17.1 Å². The zero-order valence-electron chi connectivity index (χ0n) is 12.3. The van der Waals surface area contributed by atoms with Crippen molar-refractivity contribution in [2.75, 3.05) is 24.6 Å². The summed E-state index contributed by atoms with van der Waals surface area (Å²) in [7, 11) is 0. The van der Waals surface area contributed by atoms with E-state index in [2.05, 4.69) is 33.0 Å². The first-order valence-corrected chi connectivity index (χ1v) is 9.36. The first-order valence-electron chi connectivity index (χ1n) is 7.42. The minimum absolute atomic E-state index is 0.0715. The average molecular weight is 376 g/mol. The van der Waals surface area contributed by atoms with E-state index in [1.54, 1.807) is 0 Å². The van der Waals surface area contributed by atoms with Gasteiger partial charge in [0, 0.05) is 46.7 Å². The molecule has 0 saturated carbocycles. The Morgan fingerprint density at radius 1 is 1.05 bits per heavy atom. The third-order valence-electron chi connectivity index (χ3n) is 3.81. The number of hydrogen-bond donors (Lipinski definition) is 0. The molecule has 2 nitrogen and oxygen atoms in total. The summed E-state index contributed by atoms with van der Waals surface area (Å²) in [6.45, 7) is 3.29. The highest BCUT2D eigenvalue weighted by atomic mass is 79.9. The highest BCUT2D eigenvalue weighted by Gasteiger charge is 2.12. The number of ketones is 1. The van der Waals surface area contributed by atoms with Crippen LogP contribution in [0.5, 0.6) is 0 Å². The lowest BCUT2D eigenvalue weighted by molar-refractivity contribution is 0.103. The molecule has 1 aliphatic heterocycles. The van der Waals surface area contributed by atoms with Gasteiger partial charge >= 0.3 is 0 Å². The number of carbonyl (C=O) groups excluding carboxylic acids is 1. The molecule has 114 valence electrons. The molecular weight excluding hydrogens is 358 g/mol. The summed E-state index contributed by atoms with van der Waals surface area (Å²) in [4.78, 5) is 14.9. The van der Waals surface area contributed by atoms with Crippen molar-refractivity contribution in [3.63, 3.8) is 0 Å². The van der Waals surface area contributed by atoms with Crippen LogP contribution in [0.25, 0.3) is 0 Å². The van der Waals surface area contributed by atoms with Crippen molar-refractivity contribution in [2.45, 2.75) is 6.54 Å². The van der Waals surface area contributed by atoms with Gasteiger partial charge in [-0.1, -0.05) is 52.3 Å². The van der Waals surface area contributed by atoms with Gasteiger partial charge < -0.3 is 0 Å². The van der Waals surface area contributed by atoms with Crippen LogP contribution in [-0.4, -0.2) is 35.3 Å². The molecule has 0 N–H and O–H groups in total.